The molecule has 1 aliphatic rings. The Balaban J connectivity index is 1.62. The van der Waals surface area contributed by atoms with Gasteiger partial charge in [-0.1, -0.05) is 6.42 Å². The van der Waals surface area contributed by atoms with Gasteiger partial charge in [-0.05, 0) is 62.4 Å². The number of hydrogen-bond donors (Lipinski definition) is 2. The van der Waals surface area contributed by atoms with Crippen molar-refractivity contribution in [3.63, 3.8) is 0 Å². The summed E-state index contributed by atoms with van der Waals surface area (Å²) in [6, 6.07) is 6.61. The van der Waals surface area contributed by atoms with Crippen molar-refractivity contribution in [3.05, 3.63) is 24.3 Å². The number of amides is 1. The van der Waals surface area contributed by atoms with E-state index in [2.05, 4.69) is 5.32 Å². The molecule has 0 heterocycles. The molecule has 1 aliphatic carbocycles. The highest BCUT2D eigenvalue weighted by atomic mass is 32.2. The number of carbonyl (C=O) groups excluding carboxylic acids is 1. The van der Waals surface area contributed by atoms with E-state index in [4.69, 9.17) is 10.5 Å². The molecule has 0 saturated heterocycles. The Kier molecular flexibility index (Phi) is 7.25. The number of sulfone groups is 1. The number of benzene rings is 1. The van der Waals surface area contributed by atoms with Crippen LogP contribution in [0.5, 0.6) is 5.75 Å². The zero-order chi connectivity index (χ0) is 18.3. The fourth-order valence-corrected chi connectivity index (χ4v) is 3.78. The van der Waals surface area contributed by atoms with Crippen molar-refractivity contribution < 1.29 is 17.9 Å². The minimum atomic E-state index is -3.18. The lowest BCUT2D eigenvalue weighted by atomic mass is 10.0. The van der Waals surface area contributed by atoms with Gasteiger partial charge in [0.15, 0.2) is 9.84 Å². The molecule has 1 fully saturated rings. The Morgan fingerprint density at radius 2 is 1.96 bits per heavy atom. The van der Waals surface area contributed by atoms with Crippen molar-refractivity contribution >= 4 is 15.7 Å². The maximum Gasteiger partial charge on any atom is 0.220 e. The highest BCUT2D eigenvalue weighted by Gasteiger charge is 2.26. The molecule has 0 radical (unpaired) electrons. The average molecular weight is 368 g/mol. The lowest BCUT2D eigenvalue weighted by Crippen LogP contribution is -2.39. The third-order valence-electron chi connectivity index (χ3n) is 4.63. The molecule has 0 aromatic heterocycles. The van der Waals surface area contributed by atoms with E-state index in [1.807, 2.05) is 0 Å². The number of ether oxygens (including phenoxy) is 1. The molecule has 0 aliphatic heterocycles. The Morgan fingerprint density at radius 1 is 1.24 bits per heavy atom. The summed E-state index contributed by atoms with van der Waals surface area (Å²) < 4.78 is 28.4. The lowest BCUT2D eigenvalue weighted by Gasteiger charge is -2.19. The van der Waals surface area contributed by atoms with Crippen LogP contribution in [0.15, 0.2) is 29.2 Å². The number of nitrogens with two attached hydrogens (primary N) is 1. The van der Waals surface area contributed by atoms with E-state index >= 15 is 0 Å². The molecular formula is C18H28N2O4S. The van der Waals surface area contributed by atoms with Gasteiger partial charge in [0.1, 0.15) is 5.75 Å². The summed E-state index contributed by atoms with van der Waals surface area (Å²) in [6.45, 7) is 1.14. The summed E-state index contributed by atoms with van der Waals surface area (Å²) in [4.78, 5) is 12.3. The summed E-state index contributed by atoms with van der Waals surface area (Å²) in [6.07, 6.45) is 6.46. The number of rotatable bonds is 9. The van der Waals surface area contributed by atoms with Crippen LogP contribution in [0.2, 0.25) is 0 Å². The third-order valence-corrected chi connectivity index (χ3v) is 5.76. The average Bonchev–Trinajstić information content (AvgIpc) is 3.01. The first-order valence-electron chi connectivity index (χ1n) is 8.82. The molecule has 25 heavy (non-hydrogen) atoms. The predicted octanol–water partition coefficient (Wildman–Crippen LogP) is 1.88. The summed E-state index contributed by atoms with van der Waals surface area (Å²) in [5.41, 5.74) is 5.73. The molecule has 0 bridgehead atoms. The fraction of sp³-hybridized carbons (Fsp3) is 0.611. The third kappa shape index (κ3) is 6.32. The van der Waals surface area contributed by atoms with Gasteiger partial charge in [0.25, 0.3) is 0 Å². The minimum Gasteiger partial charge on any atom is -0.494 e. The first kappa shape index (κ1) is 19.7. The van der Waals surface area contributed by atoms with Crippen molar-refractivity contribution in [2.45, 2.75) is 49.5 Å². The van der Waals surface area contributed by atoms with Gasteiger partial charge in [0, 0.05) is 18.7 Å². The molecule has 1 amide bonds. The van der Waals surface area contributed by atoms with Crippen molar-refractivity contribution in [2.75, 3.05) is 19.4 Å². The van der Waals surface area contributed by atoms with Gasteiger partial charge in [0.05, 0.1) is 11.5 Å². The summed E-state index contributed by atoms with van der Waals surface area (Å²) in [7, 11) is -3.18. The van der Waals surface area contributed by atoms with Gasteiger partial charge < -0.3 is 15.8 Å². The van der Waals surface area contributed by atoms with Crippen molar-refractivity contribution in [2.24, 2.45) is 11.7 Å². The SMILES string of the molecule is CS(=O)(=O)c1ccc(OCCCCC(=O)NC2CCCC2CN)cc1. The molecule has 2 unspecified atom stereocenters. The van der Waals surface area contributed by atoms with Crippen molar-refractivity contribution in [3.8, 4) is 5.75 Å². The van der Waals surface area contributed by atoms with E-state index in [1.165, 1.54) is 18.4 Å². The summed E-state index contributed by atoms with van der Waals surface area (Å²) >= 11 is 0. The van der Waals surface area contributed by atoms with Gasteiger partial charge >= 0.3 is 0 Å². The maximum atomic E-state index is 12.0. The monoisotopic (exact) mass is 368 g/mol. The lowest BCUT2D eigenvalue weighted by molar-refractivity contribution is -0.122. The van der Waals surface area contributed by atoms with E-state index in [0.717, 1.165) is 32.1 Å². The minimum absolute atomic E-state index is 0.0860. The normalized spacial score (nSPS) is 20.4. The fourth-order valence-electron chi connectivity index (χ4n) is 3.15. The van der Waals surface area contributed by atoms with Crippen LogP contribution >= 0.6 is 0 Å². The van der Waals surface area contributed by atoms with Crippen molar-refractivity contribution in [1.82, 2.24) is 5.32 Å². The Hall–Kier alpha value is -1.60. The second kappa shape index (κ2) is 9.20. The second-order valence-electron chi connectivity index (χ2n) is 6.65. The van der Waals surface area contributed by atoms with Crippen LogP contribution in [0.1, 0.15) is 38.5 Å². The molecular weight excluding hydrogens is 340 g/mol. The van der Waals surface area contributed by atoms with E-state index in [0.29, 0.717) is 31.2 Å². The smallest absolute Gasteiger partial charge is 0.220 e. The molecule has 2 atom stereocenters. The number of unbranched alkanes of at least 4 members (excludes halogenated alkanes) is 1. The standard InChI is InChI=1S/C18H28N2O4S/c1-25(22,23)16-10-8-15(9-11-16)24-12-3-2-7-18(21)20-17-6-4-5-14(17)13-19/h8-11,14,17H,2-7,12-13,19H2,1H3,(H,20,21). The van der Waals surface area contributed by atoms with E-state index in [1.54, 1.807) is 12.1 Å². The molecule has 7 heteroatoms. The number of nitrogens with one attached hydrogen (secondary N) is 1. The molecule has 6 nitrogen and oxygen atoms in total. The second-order valence-corrected chi connectivity index (χ2v) is 8.67. The molecule has 140 valence electrons. The zero-order valence-electron chi connectivity index (χ0n) is 14.7. The van der Waals surface area contributed by atoms with Crippen LogP contribution in [-0.4, -0.2) is 39.8 Å². The Labute approximate surface area is 150 Å². The topological polar surface area (TPSA) is 98.5 Å². The first-order valence-corrected chi connectivity index (χ1v) is 10.7. The van der Waals surface area contributed by atoms with E-state index in [-0.39, 0.29) is 16.8 Å². The maximum absolute atomic E-state index is 12.0. The molecule has 2 rings (SSSR count). The van der Waals surface area contributed by atoms with Crippen LogP contribution in [0.3, 0.4) is 0 Å². The molecule has 1 aromatic rings. The van der Waals surface area contributed by atoms with Gasteiger partial charge in [-0.2, -0.15) is 0 Å². The summed E-state index contributed by atoms with van der Waals surface area (Å²) in [5.74, 6) is 1.14. The van der Waals surface area contributed by atoms with Gasteiger partial charge in [-0.15, -0.1) is 0 Å². The van der Waals surface area contributed by atoms with Gasteiger partial charge in [-0.3, -0.25) is 4.79 Å². The Bertz CT molecular complexity index is 658. The number of carbonyl (C=O) groups is 1. The molecule has 1 aromatic carbocycles. The van der Waals surface area contributed by atoms with Gasteiger partial charge in [-0.25, -0.2) is 8.42 Å². The van der Waals surface area contributed by atoms with Crippen molar-refractivity contribution in [1.29, 1.82) is 0 Å². The summed E-state index contributed by atoms with van der Waals surface area (Å²) in [5, 5.41) is 3.09. The molecule has 0 spiro atoms. The highest BCUT2D eigenvalue weighted by Crippen LogP contribution is 2.24. The van der Waals surface area contributed by atoms with E-state index < -0.39 is 9.84 Å². The molecule has 1 saturated carbocycles. The van der Waals surface area contributed by atoms with Crippen LogP contribution in [0.25, 0.3) is 0 Å². The largest absolute Gasteiger partial charge is 0.494 e. The molecule has 3 N–H and O–H groups in total. The van der Waals surface area contributed by atoms with Crippen LogP contribution < -0.4 is 15.8 Å². The first-order chi connectivity index (χ1) is 11.9. The van der Waals surface area contributed by atoms with Crippen LogP contribution in [0, 0.1) is 5.92 Å². The van der Waals surface area contributed by atoms with Crippen LogP contribution in [-0.2, 0) is 14.6 Å². The van der Waals surface area contributed by atoms with Crippen LogP contribution in [0.4, 0.5) is 0 Å². The number of hydrogen-bond acceptors (Lipinski definition) is 5. The highest BCUT2D eigenvalue weighted by molar-refractivity contribution is 7.90. The quantitative estimate of drug-likeness (QED) is 0.649. The predicted molar refractivity (Wildman–Crippen MR) is 97.2 cm³/mol. The van der Waals surface area contributed by atoms with Gasteiger partial charge in [0.2, 0.25) is 5.91 Å². The zero-order valence-corrected chi connectivity index (χ0v) is 15.6. The van der Waals surface area contributed by atoms with E-state index in [9.17, 15) is 13.2 Å². The Morgan fingerprint density at radius 3 is 2.60 bits per heavy atom.